The molecule has 0 aliphatic carbocycles. The summed E-state index contributed by atoms with van der Waals surface area (Å²) < 4.78 is 51.5. The van der Waals surface area contributed by atoms with Crippen molar-refractivity contribution < 1.29 is 22.4 Å². The second-order valence-corrected chi connectivity index (χ2v) is 7.72. The molecule has 2 heterocycles. The second-order valence-electron chi connectivity index (χ2n) is 6.11. The van der Waals surface area contributed by atoms with Gasteiger partial charge in [-0.05, 0) is 49.4 Å². The summed E-state index contributed by atoms with van der Waals surface area (Å²) in [7, 11) is 0. The Morgan fingerprint density at radius 1 is 1.14 bits per heavy atom. The van der Waals surface area contributed by atoms with Crippen LogP contribution in [0.1, 0.15) is 36.8 Å². The van der Waals surface area contributed by atoms with Crippen LogP contribution in [0.4, 0.5) is 17.6 Å². The average Bonchev–Trinajstić information content (AvgIpc) is 2.75. The first kappa shape index (κ1) is 15.8. The lowest BCUT2D eigenvalue weighted by molar-refractivity contribution is -0.138. The Kier molecular flexibility index (Phi) is 4.23. The summed E-state index contributed by atoms with van der Waals surface area (Å²) in [5.41, 5.74) is -0.919. The third-order valence-corrected chi connectivity index (χ3v) is 6.04. The maximum atomic E-state index is 13.4. The van der Waals surface area contributed by atoms with Crippen LogP contribution in [0.15, 0.2) is 18.2 Å². The van der Waals surface area contributed by atoms with E-state index >= 15 is 0 Å². The number of hydrogen-bond donors (Lipinski definition) is 0. The minimum atomic E-state index is -4.60. The van der Waals surface area contributed by atoms with E-state index in [1.165, 1.54) is 0 Å². The van der Waals surface area contributed by atoms with E-state index in [9.17, 15) is 22.4 Å². The number of Topliss-reactive ketones (excluding diaryl/α,β-unsaturated/α-hetero) is 1. The van der Waals surface area contributed by atoms with Crippen LogP contribution in [0.2, 0.25) is 0 Å². The number of benzene rings is 1. The molecule has 0 aromatic heterocycles. The predicted octanol–water partition coefficient (Wildman–Crippen LogP) is 4.63. The van der Waals surface area contributed by atoms with Gasteiger partial charge in [0.2, 0.25) is 0 Å². The minimum Gasteiger partial charge on any atom is -0.299 e. The lowest BCUT2D eigenvalue weighted by atomic mass is 9.90. The summed E-state index contributed by atoms with van der Waals surface area (Å²) in [6.07, 6.45) is -0.854. The Hall–Kier alpha value is -1.04. The van der Waals surface area contributed by atoms with Crippen LogP contribution >= 0.6 is 11.8 Å². The molecule has 0 spiro atoms. The molecule has 0 saturated carbocycles. The van der Waals surface area contributed by atoms with E-state index in [0.29, 0.717) is 16.6 Å². The van der Waals surface area contributed by atoms with E-state index in [4.69, 9.17) is 0 Å². The van der Waals surface area contributed by atoms with Crippen LogP contribution in [0.3, 0.4) is 0 Å². The Morgan fingerprint density at radius 2 is 1.77 bits per heavy atom. The summed E-state index contributed by atoms with van der Waals surface area (Å²) in [5.74, 6) is -1.09. The van der Waals surface area contributed by atoms with Gasteiger partial charge in [0.15, 0.2) is 0 Å². The smallest absolute Gasteiger partial charge is 0.299 e. The normalized spacial score (nSPS) is 27.9. The zero-order chi connectivity index (χ0) is 15.9. The first-order valence-electron chi connectivity index (χ1n) is 7.36. The second kappa shape index (κ2) is 5.87. The van der Waals surface area contributed by atoms with Crippen molar-refractivity contribution in [3.05, 3.63) is 35.1 Å². The van der Waals surface area contributed by atoms with Gasteiger partial charge in [0.25, 0.3) is 0 Å². The Labute approximate surface area is 130 Å². The minimum absolute atomic E-state index is 0.0593. The summed E-state index contributed by atoms with van der Waals surface area (Å²) in [6, 6.07) is 2.37. The van der Waals surface area contributed by atoms with Gasteiger partial charge in [0, 0.05) is 22.8 Å². The van der Waals surface area contributed by atoms with Crippen molar-refractivity contribution in [2.24, 2.45) is 5.92 Å². The van der Waals surface area contributed by atoms with Gasteiger partial charge in [-0.2, -0.15) is 24.9 Å². The summed E-state index contributed by atoms with van der Waals surface area (Å²) in [5, 5.41) is 1.01. The molecule has 2 bridgehead atoms. The number of hydrogen-bond acceptors (Lipinski definition) is 2. The van der Waals surface area contributed by atoms with Crippen molar-refractivity contribution >= 4 is 17.5 Å². The zero-order valence-electron chi connectivity index (χ0n) is 11.8. The molecule has 2 fully saturated rings. The van der Waals surface area contributed by atoms with Crippen LogP contribution in [-0.4, -0.2) is 16.3 Å². The molecule has 2 aliphatic rings. The van der Waals surface area contributed by atoms with Gasteiger partial charge in [-0.1, -0.05) is 0 Å². The number of halogens is 4. The molecule has 120 valence electrons. The molecule has 0 N–H and O–H groups in total. The third-order valence-electron chi connectivity index (χ3n) is 4.41. The first-order chi connectivity index (χ1) is 10.3. The van der Waals surface area contributed by atoms with E-state index in [0.717, 1.165) is 37.8 Å². The molecule has 2 saturated heterocycles. The SMILES string of the molecule is O=C(Cc1cc(F)cc(C(F)(F)F)c1)C1CC2CCC(C1)S2. The van der Waals surface area contributed by atoms with E-state index in [1.54, 1.807) is 0 Å². The topological polar surface area (TPSA) is 17.1 Å². The fourth-order valence-corrected chi connectivity index (χ4v) is 5.16. The van der Waals surface area contributed by atoms with E-state index in [-0.39, 0.29) is 23.7 Å². The molecule has 22 heavy (non-hydrogen) atoms. The van der Waals surface area contributed by atoms with Gasteiger partial charge >= 0.3 is 6.18 Å². The van der Waals surface area contributed by atoms with Crippen molar-refractivity contribution in [3.63, 3.8) is 0 Å². The highest BCUT2D eigenvalue weighted by Gasteiger charge is 2.37. The van der Waals surface area contributed by atoms with Gasteiger partial charge in [0.1, 0.15) is 11.6 Å². The molecule has 1 nitrogen and oxygen atoms in total. The van der Waals surface area contributed by atoms with Crippen molar-refractivity contribution in [2.75, 3.05) is 0 Å². The molecule has 6 heteroatoms. The average molecular weight is 332 g/mol. The van der Waals surface area contributed by atoms with Gasteiger partial charge < -0.3 is 0 Å². The number of alkyl halides is 3. The fraction of sp³-hybridized carbons (Fsp3) is 0.562. The molecule has 1 aromatic rings. The standard InChI is InChI=1S/C16H16F4OS/c17-12-4-9(3-11(8-12)16(18,19)20)5-15(21)10-6-13-1-2-14(7-10)22-13/h3-4,8,10,13-14H,1-2,5-7H2. The lowest BCUT2D eigenvalue weighted by Crippen LogP contribution is -2.26. The predicted molar refractivity (Wildman–Crippen MR) is 77.2 cm³/mol. The molecule has 0 radical (unpaired) electrons. The van der Waals surface area contributed by atoms with Crippen LogP contribution in [0.25, 0.3) is 0 Å². The third kappa shape index (κ3) is 3.47. The summed E-state index contributed by atoms with van der Waals surface area (Å²) in [6.45, 7) is 0. The van der Waals surface area contributed by atoms with E-state index in [2.05, 4.69) is 0 Å². The number of fused-ring (bicyclic) bond motifs is 2. The summed E-state index contributed by atoms with van der Waals surface area (Å²) in [4.78, 5) is 12.3. The Bertz CT molecular complexity index is 572. The van der Waals surface area contributed by atoms with Crippen molar-refractivity contribution in [2.45, 2.75) is 48.8 Å². The zero-order valence-corrected chi connectivity index (χ0v) is 12.6. The van der Waals surface area contributed by atoms with Crippen LogP contribution in [0.5, 0.6) is 0 Å². The van der Waals surface area contributed by atoms with Crippen LogP contribution < -0.4 is 0 Å². The highest BCUT2D eigenvalue weighted by atomic mass is 32.2. The number of carbonyl (C=O) groups excluding carboxylic acids is 1. The van der Waals surface area contributed by atoms with Gasteiger partial charge in [-0.15, -0.1) is 0 Å². The molecular formula is C16H16F4OS. The highest BCUT2D eigenvalue weighted by molar-refractivity contribution is 8.00. The molecular weight excluding hydrogens is 316 g/mol. The molecule has 2 aliphatic heterocycles. The number of ketones is 1. The number of carbonyl (C=O) groups is 1. The summed E-state index contributed by atoms with van der Waals surface area (Å²) >= 11 is 1.93. The van der Waals surface area contributed by atoms with Crippen LogP contribution in [0, 0.1) is 11.7 Å². The van der Waals surface area contributed by atoms with Gasteiger partial charge in [-0.25, -0.2) is 4.39 Å². The maximum absolute atomic E-state index is 13.4. The monoisotopic (exact) mass is 332 g/mol. The fourth-order valence-electron chi connectivity index (χ4n) is 3.38. The molecule has 2 unspecified atom stereocenters. The Balaban J connectivity index is 1.72. The quantitative estimate of drug-likeness (QED) is 0.751. The van der Waals surface area contributed by atoms with Crippen molar-refractivity contribution in [1.29, 1.82) is 0 Å². The number of rotatable bonds is 3. The largest absolute Gasteiger partial charge is 0.416 e. The van der Waals surface area contributed by atoms with E-state index < -0.39 is 17.6 Å². The first-order valence-corrected chi connectivity index (χ1v) is 8.30. The molecule has 2 atom stereocenters. The van der Waals surface area contributed by atoms with Crippen LogP contribution in [-0.2, 0) is 17.4 Å². The highest BCUT2D eigenvalue weighted by Crippen LogP contribution is 2.46. The molecule has 0 amide bonds. The van der Waals surface area contributed by atoms with Gasteiger partial charge in [-0.3, -0.25) is 4.79 Å². The van der Waals surface area contributed by atoms with Crippen molar-refractivity contribution in [1.82, 2.24) is 0 Å². The maximum Gasteiger partial charge on any atom is 0.416 e. The van der Waals surface area contributed by atoms with Crippen molar-refractivity contribution in [3.8, 4) is 0 Å². The molecule has 1 aromatic carbocycles. The lowest BCUT2D eigenvalue weighted by Gasteiger charge is -2.26. The molecule has 3 rings (SSSR count). The van der Waals surface area contributed by atoms with E-state index in [1.807, 2.05) is 11.8 Å². The van der Waals surface area contributed by atoms with Gasteiger partial charge in [0.05, 0.1) is 5.56 Å². The Morgan fingerprint density at radius 3 is 2.36 bits per heavy atom. The number of thioether (sulfide) groups is 1.